The van der Waals surface area contributed by atoms with Gasteiger partial charge in [0, 0.05) is 64.0 Å². The topological polar surface area (TPSA) is 53.1 Å². The molecule has 0 radical (unpaired) electrons. The first-order chi connectivity index (χ1) is 13.4. The van der Waals surface area contributed by atoms with Crippen molar-refractivity contribution in [3.63, 3.8) is 0 Å². The molecule has 0 spiro atoms. The first-order valence-electron chi connectivity index (χ1n) is 9.98. The van der Waals surface area contributed by atoms with Gasteiger partial charge in [-0.05, 0) is 25.3 Å². The monoisotopic (exact) mass is 385 g/mol. The van der Waals surface area contributed by atoms with E-state index >= 15 is 0 Å². The maximum atomic E-state index is 12.4. The van der Waals surface area contributed by atoms with Crippen molar-refractivity contribution in [3.05, 3.63) is 47.7 Å². The van der Waals surface area contributed by atoms with Crippen LogP contribution in [-0.4, -0.2) is 72.4 Å². The molecule has 0 aliphatic carbocycles. The van der Waals surface area contributed by atoms with Gasteiger partial charge in [-0.3, -0.25) is 9.69 Å². The predicted octanol–water partition coefficient (Wildman–Crippen LogP) is 2.90. The minimum atomic E-state index is -0.243. The summed E-state index contributed by atoms with van der Waals surface area (Å²) >= 11 is 0. The van der Waals surface area contributed by atoms with E-state index in [9.17, 15) is 9.59 Å². The van der Waals surface area contributed by atoms with E-state index in [1.165, 1.54) is 0 Å². The molecular weight excluding hydrogens is 354 g/mol. The summed E-state index contributed by atoms with van der Waals surface area (Å²) in [5.41, 5.74) is 1.88. The first kappa shape index (κ1) is 20.4. The smallest absolute Gasteiger partial charge is 0.410 e. The molecule has 0 N–H and O–H groups in total. The normalized spacial score (nSPS) is 21.6. The highest BCUT2D eigenvalue weighted by Crippen LogP contribution is 2.32. The number of ether oxygens (including phenoxy) is 1. The van der Waals surface area contributed by atoms with E-state index in [1.54, 1.807) is 4.90 Å². The number of likely N-dealkylation sites (tertiary alicyclic amines) is 2. The number of carbonyl (C=O) groups excluding carboxylic acids is 2. The fourth-order valence-corrected chi connectivity index (χ4v) is 3.95. The van der Waals surface area contributed by atoms with E-state index in [2.05, 4.69) is 11.8 Å². The fraction of sp³-hybridized carbons (Fsp3) is 0.545. The molecular formula is C22H31N3O3. The van der Waals surface area contributed by atoms with Gasteiger partial charge in [-0.25, -0.2) is 4.79 Å². The molecule has 2 aliphatic rings. The molecule has 2 heterocycles. The second-order valence-electron chi connectivity index (χ2n) is 8.24. The Morgan fingerprint density at radius 2 is 1.86 bits per heavy atom. The highest BCUT2D eigenvalue weighted by atomic mass is 16.6. The molecule has 1 aromatic carbocycles. The first-order valence-corrected chi connectivity index (χ1v) is 9.98. The van der Waals surface area contributed by atoms with Gasteiger partial charge in [0.25, 0.3) is 0 Å². The van der Waals surface area contributed by atoms with Gasteiger partial charge in [0.2, 0.25) is 0 Å². The van der Waals surface area contributed by atoms with Gasteiger partial charge in [-0.1, -0.05) is 30.3 Å². The Kier molecular flexibility index (Phi) is 6.39. The molecule has 6 heteroatoms. The van der Waals surface area contributed by atoms with Crippen LogP contribution in [0.15, 0.2) is 42.1 Å². The zero-order chi connectivity index (χ0) is 20.1. The van der Waals surface area contributed by atoms with Gasteiger partial charge in [-0.15, -0.1) is 0 Å². The van der Waals surface area contributed by atoms with E-state index in [0.717, 1.165) is 30.5 Å². The van der Waals surface area contributed by atoms with Crippen LogP contribution < -0.4 is 0 Å². The number of carbonyl (C=O) groups is 2. The Labute approximate surface area is 167 Å². The average Bonchev–Trinajstić information content (AvgIpc) is 2.69. The third-order valence-corrected chi connectivity index (χ3v) is 5.81. The van der Waals surface area contributed by atoms with Gasteiger partial charge >= 0.3 is 6.09 Å². The Morgan fingerprint density at radius 3 is 2.50 bits per heavy atom. The molecule has 6 nitrogen and oxygen atoms in total. The lowest BCUT2D eigenvalue weighted by molar-refractivity contribution is -0.118. The quantitative estimate of drug-likeness (QED) is 0.746. The summed E-state index contributed by atoms with van der Waals surface area (Å²) in [4.78, 5) is 30.8. The number of ketones is 1. The third-order valence-electron chi connectivity index (χ3n) is 5.81. The second kappa shape index (κ2) is 8.78. The van der Waals surface area contributed by atoms with Crippen molar-refractivity contribution in [3.8, 4) is 0 Å². The summed E-state index contributed by atoms with van der Waals surface area (Å²) < 4.78 is 5.47. The van der Waals surface area contributed by atoms with Crippen molar-refractivity contribution in [1.29, 1.82) is 0 Å². The largest absolute Gasteiger partial charge is 0.445 e. The number of nitrogens with zero attached hydrogens (tertiary/aromatic N) is 3. The van der Waals surface area contributed by atoms with Crippen LogP contribution in [0.25, 0.3) is 0 Å². The number of piperidine rings is 2. The zero-order valence-electron chi connectivity index (χ0n) is 17.2. The highest BCUT2D eigenvalue weighted by molar-refractivity contribution is 5.96. The van der Waals surface area contributed by atoms with E-state index in [1.807, 2.05) is 55.5 Å². The predicted molar refractivity (Wildman–Crippen MR) is 109 cm³/mol. The molecule has 2 aliphatic heterocycles. The van der Waals surface area contributed by atoms with Crippen LogP contribution in [0.4, 0.5) is 4.79 Å². The lowest BCUT2D eigenvalue weighted by Crippen LogP contribution is -2.57. The van der Waals surface area contributed by atoms with Crippen molar-refractivity contribution in [2.24, 2.45) is 0 Å². The number of amides is 1. The van der Waals surface area contributed by atoms with Crippen LogP contribution in [0.2, 0.25) is 0 Å². The molecule has 1 amide bonds. The molecule has 152 valence electrons. The minimum Gasteiger partial charge on any atom is -0.445 e. The Hall–Kier alpha value is -2.34. The third kappa shape index (κ3) is 4.93. The molecule has 0 saturated carbocycles. The Bertz CT molecular complexity index is 722. The molecule has 2 saturated heterocycles. The second-order valence-corrected chi connectivity index (χ2v) is 8.24. The van der Waals surface area contributed by atoms with Crippen LogP contribution in [0, 0.1) is 0 Å². The zero-order valence-corrected chi connectivity index (χ0v) is 17.2. The summed E-state index contributed by atoms with van der Waals surface area (Å²) in [5.74, 6) is 0.246. The summed E-state index contributed by atoms with van der Waals surface area (Å²) in [6, 6.07) is 9.74. The maximum Gasteiger partial charge on any atom is 0.410 e. The van der Waals surface area contributed by atoms with Crippen molar-refractivity contribution < 1.29 is 14.3 Å². The van der Waals surface area contributed by atoms with E-state index in [0.29, 0.717) is 32.7 Å². The number of hydrogen-bond acceptors (Lipinski definition) is 5. The van der Waals surface area contributed by atoms with Crippen LogP contribution in [0.1, 0.15) is 31.7 Å². The summed E-state index contributed by atoms with van der Waals surface area (Å²) in [6.07, 6.45) is 4.03. The highest BCUT2D eigenvalue weighted by Gasteiger charge is 2.39. The lowest BCUT2D eigenvalue weighted by atomic mass is 9.85. The minimum absolute atomic E-state index is 0.00229. The van der Waals surface area contributed by atoms with E-state index in [4.69, 9.17) is 4.74 Å². The summed E-state index contributed by atoms with van der Waals surface area (Å²) in [6.45, 7) is 5.40. The van der Waals surface area contributed by atoms with Crippen molar-refractivity contribution in [2.45, 2.75) is 38.3 Å². The number of benzene rings is 1. The number of Topliss-reactive ketones (excluding diaryl/α,β-unsaturated/α-hetero) is 1. The van der Waals surface area contributed by atoms with Gasteiger partial charge in [0.15, 0.2) is 5.78 Å². The van der Waals surface area contributed by atoms with Gasteiger partial charge in [0.05, 0.1) is 0 Å². The Balaban J connectivity index is 1.53. The van der Waals surface area contributed by atoms with Crippen molar-refractivity contribution in [2.75, 3.05) is 40.3 Å². The van der Waals surface area contributed by atoms with Crippen LogP contribution in [-0.2, 0) is 16.1 Å². The van der Waals surface area contributed by atoms with Crippen molar-refractivity contribution in [1.82, 2.24) is 14.7 Å². The standard InChI is InChI=1S/C22H31N3O3/c1-22(25-12-9-20(26)19(16-25)15-23(2)3)10-13-24(14-11-22)21(27)28-17-18-7-5-4-6-8-18/h4-8,15H,9-14,16-17H2,1-3H3/b19-15-. The van der Waals surface area contributed by atoms with Crippen LogP contribution >= 0.6 is 0 Å². The van der Waals surface area contributed by atoms with E-state index in [-0.39, 0.29) is 17.4 Å². The molecule has 3 rings (SSSR count). The van der Waals surface area contributed by atoms with Gasteiger partial charge in [-0.2, -0.15) is 0 Å². The maximum absolute atomic E-state index is 12.4. The van der Waals surface area contributed by atoms with Crippen LogP contribution in [0.3, 0.4) is 0 Å². The molecule has 28 heavy (non-hydrogen) atoms. The van der Waals surface area contributed by atoms with E-state index < -0.39 is 0 Å². The summed E-state index contributed by atoms with van der Waals surface area (Å²) in [7, 11) is 3.89. The van der Waals surface area contributed by atoms with Gasteiger partial charge < -0.3 is 14.5 Å². The SMILES string of the molecule is CN(C)/C=C1/CN(C2(C)CCN(C(=O)OCc3ccccc3)CC2)CCC1=O. The molecule has 0 aromatic heterocycles. The lowest BCUT2D eigenvalue weighted by Gasteiger charge is -2.48. The molecule has 0 atom stereocenters. The average molecular weight is 386 g/mol. The number of hydrogen-bond donors (Lipinski definition) is 0. The Morgan fingerprint density at radius 1 is 1.18 bits per heavy atom. The van der Waals surface area contributed by atoms with Crippen LogP contribution in [0.5, 0.6) is 0 Å². The fourth-order valence-electron chi connectivity index (χ4n) is 3.95. The van der Waals surface area contributed by atoms with Gasteiger partial charge in [0.1, 0.15) is 6.61 Å². The van der Waals surface area contributed by atoms with Crippen molar-refractivity contribution >= 4 is 11.9 Å². The number of rotatable bonds is 4. The molecule has 0 unspecified atom stereocenters. The molecule has 2 fully saturated rings. The molecule has 1 aromatic rings. The molecule has 0 bridgehead atoms. The summed E-state index contributed by atoms with van der Waals surface area (Å²) in [5, 5.41) is 0.